The molecule has 0 atom stereocenters. The van der Waals surface area contributed by atoms with E-state index in [1.165, 1.54) is 18.1 Å². The van der Waals surface area contributed by atoms with E-state index in [2.05, 4.69) is 5.32 Å². The van der Waals surface area contributed by atoms with Gasteiger partial charge in [-0.15, -0.1) is 0 Å². The number of rotatable bonds is 9. The Kier molecular flexibility index (Phi) is 8.27. The zero-order valence-electron chi connectivity index (χ0n) is 16.4. The molecular weight excluding hydrogens is 389 g/mol. The molecule has 10 heteroatoms. The number of anilines is 2. The van der Waals surface area contributed by atoms with Crippen LogP contribution in [0.25, 0.3) is 0 Å². The SMILES string of the molecule is COCCN(CC(N)=O)CC(=O)Nc1cc(C(F)(F)F)ccc1N1CCCCC1. The number of piperidine rings is 1. The Labute approximate surface area is 168 Å². The van der Waals surface area contributed by atoms with Gasteiger partial charge in [-0.2, -0.15) is 13.2 Å². The summed E-state index contributed by atoms with van der Waals surface area (Å²) in [6.07, 6.45) is -1.56. The Morgan fingerprint density at radius 3 is 2.48 bits per heavy atom. The highest BCUT2D eigenvalue weighted by Crippen LogP contribution is 2.36. The molecule has 0 saturated carbocycles. The van der Waals surface area contributed by atoms with E-state index < -0.39 is 23.6 Å². The number of amides is 2. The lowest BCUT2D eigenvalue weighted by Crippen LogP contribution is -2.41. The quantitative estimate of drug-likeness (QED) is 0.644. The topological polar surface area (TPSA) is 87.9 Å². The molecule has 29 heavy (non-hydrogen) atoms. The summed E-state index contributed by atoms with van der Waals surface area (Å²) in [6, 6.07) is 3.38. The summed E-state index contributed by atoms with van der Waals surface area (Å²) in [6.45, 7) is 1.66. The molecule has 0 aliphatic carbocycles. The summed E-state index contributed by atoms with van der Waals surface area (Å²) in [5, 5.41) is 2.59. The van der Waals surface area contributed by atoms with Crippen LogP contribution in [0.3, 0.4) is 0 Å². The molecule has 0 radical (unpaired) electrons. The van der Waals surface area contributed by atoms with E-state index in [9.17, 15) is 22.8 Å². The van der Waals surface area contributed by atoms with Gasteiger partial charge in [-0.25, -0.2) is 0 Å². The predicted octanol–water partition coefficient (Wildman–Crippen LogP) is 2.07. The first-order valence-electron chi connectivity index (χ1n) is 9.46. The zero-order valence-corrected chi connectivity index (χ0v) is 16.4. The first kappa shape index (κ1) is 23.0. The normalized spacial score (nSPS) is 14.9. The van der Waals surface area contributed by atoms with Crippen molar-refractivity contribution in [1.82, 2.24) is 4.90 Å². The van der Waals surface area contributed by atoms with Crippen molar-refractivity contribution in [2.75, 3.05) is 56.7 Å². The standard InChI is InChI=1S/C19H27F3N4O3/c1-29-10-9-25(12-17(23)27)13-18(28)24-15-11-14(19(20,21)22)5-6-16(15)26-7-3-2-4-8-26/h5-6,11H,2-4,7-10,12-13H2,1H3,(H2,23,27)(H,24,28). The van der Waals surface area contributed by atoms with Crippen LogP contribution in [0.15, 0.2) is 18.2 Å². The summed E-state index contributed by atoms with van der Waals surface area (Å²) in [7, 11) is 1.48. The van der Waals surface area contributed by atoms with Crippen LogP contribution in [-0.4, -0.2) is 63.2 Å². The number of carbonyl (C=O) groups is 2. The predicted molar refractivity (Wildman–Crippen MR) is 104 cm³/mol. The number of nitrogens with one attached hydrogen (secondary N) is 1. The third-order valence-electron chi connectivity index (χ3n) is 4.65. The van der Waals surface area contributed by atoms with Crippen molar-refractivity contribution in [1.29, 1.82) is 0 Å². The molecule has 1 aromatic rings. The maximum absolute atomic E-state index is 13.2. The number of hydrogen-bond acceptors (Lipinski definition) is 5. The largest absolute Gasteiger partial charge is 0.416 e. The highest BCUT2D eigenvalue weighted by Gasteiger charge is 2.32. The summed E-state index contributed by atoms with van der Waals surface area (Å²) >= 11 is 0. The molecule has 7 nitrogen and oxygen atoms in total. The van der Waals surface area contributed by atoms with Crippen molar-refractivity contribution in [2.24, 2.45) is 5.73 Å². The summed E-state index contributed by atoms with van der Waals surface area (Å²) in [5.41, 5.74) is 5.03. The average molecular weight is 416 g/mol. The number of alkyl halides is 3. The number of halogens is 3. The fourth-order valence-corrected chi connectivity index (χ4v) is 3.27. The molecule has 0 aromatic heterocycles. The molecule has 0 bridgehead atoms. The molecule has 2 amide bonds. The molecular formula is C19H27F3N4O3. The summed E-state index contributed by atoms with van der Waals surface area (Å²) < 4.78 is 44.5. The Bertz CT molecular complexity index is 706. The van der Waals surface area contributed by atoms with Crippen LogP contribution in [-0.2, 0) is 20.5 Å². The molecule has 1 aliphatic rings. The second-order valence-corrected chi connectivity index (χ2v) is 7.00. The smallest absolute Gasteiger partial charge is 0.383 e. The molecule has 1 heterocycles. The Morgan fingerprint density at radius 1 is 1.21 bits per heavy atom. The number of carbonyl (C=O) groups excluding carboxylic acids is 2. The molecule has 3 N–H and O–H groups in total. The van der Waals surface area contributed by atoms with Gasteiger partial charge in [-0.1, -0.05) is 0 Å². The lowest BCUT2D eigenvalue weighted by atomic mass is 10.1. The highest BCUT2D eigenvalue weighted by atomic mass is 19.4. The van der Waals surface area contributed by atoms with Gasteiger partial charge in [0.1, 0.15) is 0 Å². The monoisotopic (exact) mass is 416 g/mol. The minimum Gasteiger partial charge on any atom is -0.383 e. The molecule has 162 valence electrons. The van der Waals surface area contributed by atoms with Crippen molar-refractivity contribution >= 4 is 23.2 Å². The van der Waals surface area contributed by atoms with E-state index >= 15 is 0 Å². The fourth-order valence-electron chi connectivity index (χ4n) is 3.27. The van der Waals surface area contributed by atoms with Crippen molar-refractivity contribution < 1.29 is 27.5 Å². The third kappa shape index (κ3) is 7.21. The van der Waals surface area contributed by atoms with Crippen molar-refractivity contribution in [2.45, 2.75) is 25.4 Å². The minimum absolute atomic E-state index is 0.109. The molecule has 1 fully saturated rings. The zero-order chi connectivity index (χ0) is 21.4. The summed E-state index contributed by atoms with van der Waals surface area (Å²) in [5.74, 6) is -1.14. The van der Waals surface area contributed by atoms with E-state index in [0.717, 1.165) is 44.5 Å². The van der Waals surface area contributed by atoms with Crippen LogP contribution in [0.1, 0.15) is 24.8 Å². The van der Waals surface area contributed by atoms with Crippen LogP contribution in [0.4, 0.5) is 24.5 Å². The Hall–Kier alpha value is -2.33. The molecule has 1 aromatic carbocycles. The number of nitrogens with zero attached hydrogens (tertiary/aromatic N) is 2. The Morgan fingerprint density at radius 2 is 1.90 bits per heavy atom. The van der Waals surface area contributed by atoms with E-state index in [1.54, 1.807) is 0 Å². The van der Waals surface area contributed by atoms with Crippen molar-refractivity contribution in [3.63, 3.8) is 0 Å². The Balaban J connectivity index is 2.20. The lowest BCUT2D eigenvalue weighted by Gasteiger charge is -2.31. The number of ether oxygens (including phenoxy) is 1. The molecule has 2 rings (SSSR count). The average Bonchev–Trinajstić information content (AvgIpc) is 2.65. The minimum atomic E-state index is -4.52. The van der Waals surface area contributed by atoms with Gasteiger partial charge in [-0.3, -0.25) is 14.5 Å². The number of methoxy groups -OCH3 is 1. The molecule has 1 saturated heterocycles. The van der Waals surface area contributed by atoms with Crippen LogP contribution in [0, 0.1) is 0 Å². The number of nitrogens with two attached hydrogens (primary N) is 1. The molecule has 0 spiro atoms. The van der Waals surface area contributed by atoms with Crippen LogP contribution in [0.5, 0.6) is 0 Å². The van der Waals surface area contributed by atoms with Gasteiger partial charge in [-0.05, 0) is 37.5 Å². The highest BCUT2D eigenvalue weighted by molar-refractivity contribution is 5.96. The van der Waals surface area contributed by atoms with Crippen LogP contribution in [0.2, 0.25) is 0 Å². The van der Waals surface area contributed by atoms with Crippen molar-refractivity contribution in [3.05, 3.63) is 23.8 Å². The second kappa shape index (κ2) is 10.4. The molecule has 0 unspecified atom stereocenters. The van der Waals surface area contributed by atoms with Gasteiger partial charge in [0.25, 0.3) is 0 Å². The third-order valence-corrected chi connectivity index (χ3v) is 4.65. The van der Waals surface area contributed by atoms with E-state index in [4.69, 9.17) is 10.5 Å². The maximum atomic E-state index is 13.2. The van der Waals surface area contributed by atoms with Gasteiger partial charge in [0, 0.05) is 26.7 Å². The second-order valence-electron chi connectivity index (χ2n) is 7.00. The lowest BCUT2D eigenvalue weighted by molar-refractivity contribution is -0.137. The van der Waals surface area contributed by atoms with E-state index in [0.29, 0.717) is 5.69 Å². The van der Waals surface area contributed by atoms with Gasteiger partial charge in [0.15, 0.2) is 0 Å². The summed E-state index contributed by atoms with van der Waals surface area (Å²) in [4.78, 5) is 27.2. The van der Waals surface area contributed by atoms with Gasteiger partial charge >= 0.3 is 6.18 Å². The van der Waals surface area contributed by atoms with Gasteiger partial charge < -0.3 is 20.7 Å². The first-order valence-corrected chi connectivity index (χ1v) is 9.46. The number of primary amides is 1. The van der Waals surface area contributed by atoms with Crippen LogP contribution < -0.4 is 16.0 Å². The number of hydrogen-bond donors (Lipinski definition) is 2. The van der Waals surface area contributed by atoms with E-state index in [-0.39, 0.29) is 31.9 Å². The number of benzene rings is 1. The molecule has 1 aliphatic heterocycles. The first-order chi connectivity index (χ1) is 13.7. The van der Waals surface area contributed by atoms with Gasteiger partial charge in [0.05, 0.1) is 36.6 Å². The maximum Gasteiger partial charge on any atom is 0.416 e. The van der Waals surface area contributed by atoms with Crippen molar-refractivity contribution in [3.8, 4) is 0 Å². The van der Waals surface area contributed by atoms with Crippen LogP contribution >= 0.6 is 0 Å². The van der Waals surface area contributed by atoms with E-state index in [1.807, 2.05) is 4.90 Å². The fraction of sp³-hybridized carbons (Fsp3) is 0.579. The van der Waals surface area contributed by atoms with Gasteiger partial charge in [0.2, 0.25) is 11.8 Å².